The molecule has 0 spiro atoms. The second kappa shape index (κ2) is 5.29. The van der Waals surface area contributed by atoms with Gasteiger partial charge in [0, 0.05) is 32.6 Å². The van der Waals surface area contributed by atoms with Crippen molar-refractivity contribution >= 4 is 10.0 Å². The van der Waals surface area contributed by atoms with Crippen molar-refractivity contribution in [2.45, 2.75) is 6.42 Å². The Morgan fingerprint density at radius 2 is 1.74 bits per heavy atom. The van der Waals surface area contributed by atoms with Gasteiger partial charge in [-0.25, -0.2) is 12.7 Å². The minimum Gasteiger partial charge on any atom is -0.396 e. The summed E-state index contributed by atoms with van der Waals surface area (Å²) in [5.41, 5.74) is -0.258. The molecule has 0 bridgehead atoms. The van der Waals surface area contributed by atoms with Crippen LogP contribution in [0.2, 0.25) is 0 Å². The third-order valence-electron chi connectivity index (χ3n) is 4.79. The summed E-state index contributed by atoms with van der Waals surface area (Å²) in [5.74, 6) is 0.942. The van der Waals surface area contributed by atoms with Crippen LogP contribution in [0.4, 0.5) is 0 Å². The van der Waals surface area contributed by atoms with Crippen LogP contribution in [0.1, 0.15) is 6.42 Å². The van der Waals surface area contributed by atoms with E-state index in [9.17, 15) is 18.6 Å². The minimum atomic E-state index is -3.10. The molecule has 0 amide bonds. The van der Waals surface area contributed by atoms with E-state index in [1.165, 1.54) is 4.31 Å². The molecule has 7 heteroatoms. The molecule has 2 N–H and O–H groups in total. The lowest BCUT2D eigenvalue weighted by Crippen LogP contribution is -2.34. The highest BCUT2D eigenvalue weighted by atomic mass is 32.2. The van der Waals surface area contributed by atoms with Crippen LogP contribution < -0.4 is 0 Å². The molecular formula is C12H24N2O4S. The SMILES string of the molecule is CN(C)S(=O)(=O)CCCN1CC2C(C1)C2(CO)CO. The number of hydrogen-bond acceptors (Lipinski definition) is 5. The zero-order valence-corrected chi connectivity index (χ0v) is 12.4. The average Bonchev–Trinajstić information content (AvgIpc) is 2.73. The van der Waals surface area contributed by atoms with Crippen LogP contribution in [0.25, 0.3) is 0 Å². The van der Waals surface area contributed by atoms with Crippen molar-refractivity contribution in [3.63, 3.8) is 0 Å². The van der Waals surface area contributed by atoms with Crippen LogP contribution in [0.15, 0.2) is 0 Å². The first-order chi connectivity index (χ1) is 8.87. The molecule has 0 aromatic heterocycles. The van der Waals surface area contributed by atoms with Crippen LogP contribution in [0.3, 0.4) is 0 Å². The molecule has 2 aliphatic rings. The van der Waals surface area contributed by atoms with E-state index in [0.717, 1.165) is 19.6 Å². The Kier molecular flexibility index (Phi) is 4.23. The van der Waals surface area contributed by atoms with Gasteiger partial charge in [-0.3, -0.25) is 0 Å². The van der Waals surface area contributed by atoms with E-state index in [0.29, 0.717) is 18.3 Å². The van der Waals surface area contributed by atoms with Crippen LogP contribution in [0, 0.1) is 17.3 Å². The number of aliphatic hydroxyl groups is 2. The molecule has 2 unspecified atom stereocenters. The fraction of sp³-hybridized carbons (Fsp3) is 1.00. The van der Waals surface area contributed by atoms with Crippen LogP contribution in [0.5, 0.6) is 0 Å². The van der Waals surface area contributed by atoms with Crippen molar-refractivity contribution in [1.29, 1.82) is 0 Å². The number of hydrogen-bond donors (Lipinski definition) is 2. The molecule has 2 rings (SSSR count). The number of piperidine rings is 1. The Labute approximate surface area is 115 Å². The molecule has 0 aromatic rings. The second-order valence-electron chi connectivity index (χ2n) is 5.97. The summed E-state index contributed by atoms with van der Waals surface area (Å²) in [5, 5.41) is 18.7. The van der Waals surface area contributed by atoms with E-state index in [1.54, 1.807) is 14.1 Å². The molecule has 19 heavy (non-hydrogen) atoms. The number of rotatable bonds is 7. The number of sulfonamides is 1. The monoisotopic (exact) mass is 292 g/mol. The van der Waals surface area contributed by atoms with Gasteiger partial charge in [-0.1, -0.05) is 0 Å². The van der Waals surface area contributed by atoms with Crippen molar-refractivity contribution in [2.24, 2.45) is 17.3 Å². The maximum absolute atomic E-state index is 11.6. The molecule has 6 nitrogen and oxygen atoms in total. The molecular weight excluding hydrogens is 268 g/mol. The van der Waals surface area contributed by atoms with Gasteiger partial charge in [-0.2, -0.15) is 0 Å². The fourth-order valence-electron chi connectivity index (χ4n) is 3.27. The van der Waals surface area contributed by atoms with Gasteiger partial charge in [0.05, 0.1) is 19.0 Å². The normalized spacial score (nSPS) is 29.7. The van der Waals surface area contributed by atoms with Gasteiger partial charge in [0.25, 0.3) is 0 Å². The first-order valence-corrected chi connectivity index (χ1v) is 8.32. The molecule has 1 heterocycles. The molecule has 0 aromatic carbocycles. The lowest BCUT2D eigenvalue weighted by atomic mass is 10.0. The predicted molar refractivity (Wildman–Crippen MR) is 72.1 cm³/mol. The highest BCUT2D eigenvalue weighted by Gasteiger charge is 2.67. The summed E-state index contributed by atoms with van der Waals surface area (Å²) in [6.07, 6.45) is 0.630. The van der Waals surface area contributed by atoms with E-state index in [-0.39, 0.29) is 24.4 Å². The topological polar surface area (TPSA) is 81.1 Å². The minimum absolute atomic E-state index is 0.0572. The summed E-state index contributed by atoms with van der Waals surface area (Å²) >= 11 is 0. The van der Waals surface area contributed by atoms with Gasteiger partial charge >= 0.3 is 0 Å². The second-order valence-corrected chi connectivity index (χ2v) is 8.28. The van der Waals surface area contributed by atoms with Crippen LogP contribution >= 0.6 is 0 Å². The number of fused-ring (bicyclic) bond motifs is 1. The zero-order chi connectivity index (χ0) is 14.3. The maximum atomic E-state index is 11.6. The Morgan fingerprint density at radius 3 is 2.16 bits per heavy atom. The lowest BCUT2D eigenvalue weighted by Gasteiger charge is -2.24. The first-order valence-electron chi connectivity index (χ1n) is 6.71. The Hall–Kier alpha value is -0.210. The van der Waals surface area contributed by atoms with Crippen LogP contribution in [-0.4, -0.2) is 80.5 Å². The quantitative estimate of drug-likeness (QED) is 0.616. The van der Waals surface area contributed by atoms with E-state index in [2.05, 4.69) is 4.90 Å². The van der Waals surface area contributed by atoms with Crippen molar-refractivity contribution in [3.05, 3.63) is 0 Å². The van der Waals surface area contributed by atoms with Gasteiger partial charge in [0.15, 0.2) is 0 Å². The zero-order valence-electron chi connectivity index (χ0n) is 11.6. The van der Waals surface area contributed by atoms with E-state index in [4.69, 9.17) is 0 Å². The Balaban J connectivity index is 1.72. The molecule has 112 valence electrons. The molecule has 1 aliphatic heterocycles. The van der Waals surface area contributed by atoms with Crippen molar-refractivity contribution in [3.8, 4) is 0 Å². The van der Waals surface area contributed by atoms with Gasteiger partial charge in [-0.05, 0) is 24.8 Å². The Morgan fingerprint density at radius 1 is 1.21 bits per heavy atom. The maximum Gasteiger partial charge on any atom is 0.213 e. The molecule has 0 radical (unpaired) electrons. The van der Waals surface area contributed by atoms with Crippen molar-refractivity contribution in [1.82, 2.24) is 9.21 Å². The van der Waals surface area contributed by atoms with Gasteiger partial charge in [0.2, 0.25) is 10.0 Å². The van der Waals surface area contributed by atoms with Gasteiger partial charge in [0.1, 0.15) is 0 Å². The lowest BCUT2D eigenvalue weighted by molar-refractivity contribution is 0.0883. The number of nitrogens with zero attached hydrogens (tertiary/aromatic N) is 2. The summed E-state index contributed by atoms with van der Waals surface area (Å²) in [4.78, 5) is 2.24. The van der Waals surface area contributed by atoms with Gasteiger partial charge in [-0.15, -0.1) is 0 Å². The first kappa shape index (κ1) is 15.2. The van der Waals surface area contributed by atoms with Crippen molar-refractivity contribution < 1.29 is 18.6 Å². The third-order valence-corrected chi connectivity index (χ3v) is 6.70. The molecule has 2 fully saturated rings. The predicted octanol–water partition coefficient (Wildman–Crippen LogP) is -1.20. The molecule has 1 aliphatic carbocycles. The highest BCUT2D eigenvalue weighted by molar-refractivity contribution is 7.89. The summed E-state index contributed by atoms with van der Waals surface area (Å²) < 4.78 is 24.5. The third kappa shape index (κ3) is 2.67. The Bertz CT molecular complexity index is 405. The van der Waals surface area contributed by atoms with E-state index >= 15 is 0 Å². The molecule has 1 saturated heterocycles. The summed E-state index contributed by atoms with van der Waals surface area (Å²) in [7, 11) is 0.00790. The van der Waals surface area contributed by atoms with Crippen molar-refractivity contribution in [2.75, 3.05) is 52.7 Å². The van der Waals surface area contributed by atoms with Gasteiger partial charge < -0.3 is 15.1 Å². The summed E-state index contributed by atoms with van der Waals surface area (Å²) in [6, 6.07) is 0. The standard InChI is InChI=1S/C12H24N2O4S/c1-13(2)19(17,18)5-3-4-14-6-10-11(7-14)12(10,8-15)9-16/h10-11,15-16H,3-9H2,1-2H3. The van der Waals surface area contributed by atoms with Crippen LogP contribution in [-0.2, 0) is 10.0 Å². The molecule has 1 saturated carbocycles. The number of aliphatic hydroxyl groups excluding tert-OH is 2. The van der Waals surface area contributed by atoms with E-state index < -0.39 is 10.0 Å². The summed E-state index contributed by atoms with van der Waals surface area (Å²) in [6.45, 7) is 2.62. The smallest absolute Gasteiger partial charge is 0.213 e. The van der Waals surface area contributed by atoms with E-state index in [1.807, 2.05) is 0 Å². The molecule has 2 atom stereocenters. The average molecular weight is 292 g/mol. The largest absolute Gasteiger partial charge is 0.396 e. The fourth-order valence-corrected chi connectivity index (χ4v) is 4.13. The highest BCUT2D eigenvalue weighted by Crippen LogP contribution is 2.61. The number of likely N-dealkylation sites (tertiary alicyclic amines) is 1.